The Morgan fingerprint density at radius 1 is 0.448 bits per heavy atom. The van der Waals surface area contributed by atoms with E-state index in [1.165, 1.54) is 199 Å². The maximum atomic E-state index is 12.9. The predicted molar refractivity (Wildman–Crippen MR) is 271 cm³/mol. The number of unbranched alkanes of at least 4 members (excludes halogenated alkanes) is 37. The summed E-state index contributed by atoms with van der Waals surface area (Å²) in [7, 11) is -4.60. The summed E-state index contributed by atoms with van der Waals surface area (Å²) in [6, 6.07) is 0. The van der Waals surface area contributed by atoms with Crippen molar-refractivity contribution in [1.82, 2.24) is 0 Å². The minimum Gasteiger partial charge on any atom is -0.462 e. The Morgan fingerprint density at radius 3 is 1.09 bits per heavy atom. The van der Waals surface area contributed by atoms with Crippen molar-refractivity contribution in [2.24, 2.45) is 0 Å². The average Bonchev–Trinajstić information content (AvgIpc) is 3.30. The molecule has 6 atom stereocenters. The Labute approximate surface area is 410 Å². The van der Waals surface area contributed by atoms with E-state index in [9.17, 15) is 37.9 Å². The van der Waals surface area contributed by atoms with E-state index in [-0.39, 0.29) is 19.4 Å². The summed E-state index contributed by atoms with van der Waals surface area (Å²) in [4.78, 5) is 25.6. The van der Waals surface area contributed by atoms with Crippen molar-refractivity contribution in [2.75, 3.05) is 19.0 Å². The lowest BCUT2D eigenvalue weighted by molar-refractivity contribution is -0.297. The summed E-state index contributed by atoms with van der Waals surface area (Å²) in [6.07, 6.45) is 40.1. The maximum Gasteiger partial charge on any atom is 0.306 e. The van der Waals surface area contributed by atoms with Gasteiger partial charge in [0.2, 0.25) is 0 Å². The SMILES string of the molecule is CCCCCCCCCCCCCCCCCCCCCCCCCC(=O)OC[C@H](CO[C@H]1O[C@H](CS(=O)(=O)O)[C@@H](O)C(O)C1O)OC(=O)CCCCCCCCCCCCCCCCCC. The smallest absolute Gasteiger partial charge is 0.306 e. The molecular formula is C54H104O12S. The number of hydrogen-bond acceptors (Lipinski definition) is 11. The molecule has 398 valence electrons. The van der Waals surface area contributed by atoms with Gasteiger partial charge in [0.05, 0.1) is 6.61 Å². The molecule has 0 spiro atoms. The van der Waals surface area contributed by atoms with Gasteiger partial charge < -0.3 is 34.3 Å². The number of carbonyl (C=O) groups excluding carboxylic acids is 2. The van der Waals surface area contributed by atoms with E-state index in [0.717, 1.165) is 38.5 Å². The summed E-state index contributed by atoms with van der Waals surface area (Å²) in [5.41, 5.74) is 0. The first-order chi connectivity index (χ1) is 32.5. The van der Waals surface area contributed by atoms with E-state index in [0.29, 0.717) is 12.8 Å². The highest BCUT2D eigenvalue weighted by molar-refractivity contribution is 7.85. The molecule has 1 heterocycles. The van der Waals surface area contributed by atoms with Crippen molar-refractivity contribution >= 4 is 22.1 Å². The summed E-state index contributed by atoms with van der Waals surface area (Å²) in [5.74, 6) is -1.95. The fourth-order valence-corrected chi connectivity index (χ4v) is 9.78. The summed E-state index contributed by atoms with van der Waals surface area (Å²) < 4.78 is 54.3. The van der Waals surface area contributed by atoms with Crippen LogP contribution in [-0.4, -0.2) is 96.0 Å². The zero-order chi connectivity index (χ0) is 49.1. The number of hydrogen-bond donors (Lipinski definition) is 4. The van der Waals surface area contributed by atoms with Crippen LogP contribution >= 0.6 is 0 Å². The van der Waals surface area contributed by atoms with Gasteiger partial charge in [-0.15, -0.1) is 0 Å². The van der Waals surface area contributed by atoms with Crippen molar-refractivity contribution in [3.63, 3.8) is 0 Å². The van der Waals surface area contributed by atoms with Gasteiger partial charge in [-0.05, 0) is 12.8 Å². The topological polar surface area (TPSA) is 186 Å². The maximum absolute atomic E-state index is 12.9. The lowest BCUT2D eigenvalue weighted by atomic mass is 10.00. The zero-order valence-corrected chi connectivity index (χ0v) is 43.9. The molecule has 0 radical (unpaired) electrons. The van der Waals surface area contributed by atoms with Gasteiger partial charge in [0, 0.05) is 12.8 Å². The first kappa shape index (κ1) is 63.7. The van der Waals surface area contributed by atoms with Crippen molar-refractivity contribution in [3.8, 4) is 0 Å². The second kappa shape index (κ2) is 44.6. The molecule has 0 aromatic rings. The molecule has 1 aliphatic heterocycles. The largest absolute Gasteiger partial charge is 0.462 e. The Hall–Kier alpha value is -1.35. The fourth-order valence-electron chi connectivity index (χ4n) is 9.09. The molecular weight excluding hydrogens is 873 g/mol. The van der Waals surface area contributed by atoms with E-state index in [1.54, 1.807) is 0 Å². The Kier molecular flexibility index (Phi) is 42.4. The van der Waals surface area contributed by atoms with Crippen molar-refractivity contribution in [3.05, 3.63) is 0 Å². The van der Waals surface area contributed by atoms with Crippen LogP contribution in [0.15, 0.2) is 0 Å². The molecule has 0 bridgehead atoms. The third-order valence-corrected chi connectivity index (χ3v) is 14.2. The molecule has 12 nitrogen and oxygen atoms in total. The Bertz CT molecular complexity index is 1230. The van der Waals surface area contributed by atoms with Gasteiger partial charge in [0.1, 0.15) is 36.8 Å². The summed E-state index contributed by atoms with van der Waals surface area (Å²) in [6.45, 7) is 3.83. The highest BCUT2D eigenvalue weighted by Gasteiger charge is 2.46. The highest BCUT2D eigenvalue weighted by atomic mass is 32.2. The van der Waals surface area contributed by atoms with Crippen LogP contribution in [0.3, 0.4) is 0 Å². The van der Waals surface area contributed by atoms with Gasteiger partial charge >= 0.3 is 11.9 Å². The van der Waals surface area contributed by atoms with Gasteiger partial charge in [-0.25, -0.2) is 0 Å². The molecule has 13 heteroatoms. The lowest BCUT2D eigenvalue weighted by Crippen LogP contribution is -2.60. The zero-order valence-electron chi connectivity index (χ0n) is 43.0. The molecule has 0 aliphatic carbocycles. The molecule has 0 saturated carbocycles. The lowest BCUT2D eigenvalue weighted by Gasteiger charge is -2.40. The molecule has 1 aliphatic rings. The average molecular weight is 977 g/mol. The molecule has 1 saturated heterocycles. The number of rotatable bonds is 49. The van der Waals surface area contributed by atoms with Gasteiger partial charge in [-0.3, -0.25) is 14.1 Å². The summed E-state index contributed by atoms with van der Waals surface area (Å²) in [5, 5.41) is 31.0. The molecule has 1 rings (SSSR count). The molecule has 67 heavy (non-hydrogen) atoms. The first-order valence-corrected chi connectivity index (χ1v) is 29.7. The monoisotopic (exact) mass is 977 g/mol. The molecule has 2 unspecified atom stereocenters. The predicted octanol–water partition coefficient (Wildman–Crippen LogP) is 13.2. The van der Waals surface area contributed by atoms with Crippen LogP contribution in [0.1, 0.15) is 277 Å². The second-order valence-corrected chi connectivity index (χ2v) is 21.5. The van der Waals surface area contributed by atoms with E-state index in [4.69, 9.17) is 18.9 Å². The number of aliphatic hydroxyl groups is 3. The summed E-state index contributed by atoms with van der Waals surface area (Å²) >= 11 is 0. The van der Waals surface area contributed by atoms with Gasteiger partial charge in [0.25, 0.3) is 10.1 Å². The Balaban J connectivity index is 2.29. The van der Waals surface area contributed by atoms with Crippen molar-refractivity contribution in [1.29, 1.82) is 0 Å². The van der Waals surface area contributed by atoms with E-state index in [1.807, 2.05) is 0 Å². The number of esters is 2. The van der Waals surface area contributed by atoms with Crippen LogP contribution in [0.25, 0.3) is 0 Å². The molecule has 0 aromatic heterocycles. The quantitative estimate of drug-likeness (QED) is 0.0257. The van der Waals surface area contributed by atoms with Crippen LogP contribution < -0.4 is 0 Å². The number of ether oxygens (including phenoxy) is 4. The molecule has 0 aromatic carbocycles. The van der Waals surface area contributed by atoms with Gasteiger partial charge in [-0.1, -0.05) is 251 Å². The minimum absolute atomic E-state index is 0.173. The van der Waals surface area contributed by atoms with Crippen molar-refractivity contribution < 1.29 is 56.8 Å². The molecule has 0 amide bonds. The third kappa shape index (κ3) is 39.0. The van der Waals surface area contributed by atoms with Crippen molar-refractivity contribution in [2.45, 2.75) is 314 Å². The van der Waals surface area contributed by atoms with Crippen LogP contribution in [0, 0.1) is 0 Å². The molecule has 1 fully saturated rings. The van der Waals surface area contributed by atoms with E-state index in [2.05, 4.69) is 13.8 Å². The fraction of sp³-hybridized carbons (Fsp3) is 0.963. The van der Waals surface area contributed by atoms with Crippen LogP contribution in [0.4, 0.5) is 0 Å². The minimum atomic E-state index is -4.60. The number of aliphatic hydroxyl groups excluding tert-OH is 3. The van der Waals surface area contributed by atoms with E-state index >= 15 is 0 Å². The van der Waals surface area contributed by atoms with Crippen LogP contribution in [0.2, 0.25) is 0 Å². The number of carbonyl (C=O) groups is 2. The van der Waals surface area contributed by atoms with Crippen LogP contribution in [-0.2, 0) is 38.7 Å². The van der Waals surface area contributed by atoms with Crippen LogP contribution in [0.5, 0.6) is 0 Å². The first-order valence-electron chi connectivity index (χ1n) is 28.1. The second-order valence-electron chi connectivity index (χ2n) is 20.0. The standard InChI is InChI=1S/C54H104O12S/c1-3-5-7-9-11-13-15-17-19-21-22-23-24-25-26-27-29-30-32-34-36-38-40-42-49(55)63-44-47(45-64-54-53(59)52(58)51(57)48(66-54)46-67(60,61)62)65-50(56)43-41-39-37-35-33-31-28-20-18-16-14-12-10-8-6-4-2/h47-48,51-54,57-59H,3-46H2,1-2H3,(H,60,61,62)/t47-,48-,51-,52?,53?,54+/m1/s1. The Morgan fingerprint density at radius 2 is 0.761 bits per heavy atom. The molecule has 4 N–H and O–H groups in total. The van der Waals surface area contributed by atoms with Gasteiger partial charge in [0.15, 0.2) is 12.4 Å². The van der Waals surface area contributed by atoms with Gasteiger partial charge in [-0.2, -0.15) is 8.42 Å². The normalized spacial score (nSPS) is 19.2. The highest BCUT2D eigenvalue weighted by Crippen LogP contribution is 2.24. The third-order valence-electron chi connectivity index (χ3n) is 13.4. The van der Waals surface area contributed by atoms with E-state index < -0.39 is 71.2 Å².